The van der Waals surface area contributed by atoms with Crippen molar-refractivity contribution in [3.05, 3.63) is 51.7 Å². The summed E-state index contributed by atoms with van der Waals surface area (Å²) in [6.45, 7) is 5.35. The number of amides is 3. The van der Waals surface area contributed by atoms with E-state index in [0.29, 0.717) is 4.88 Å². The van der Waals surface area contributed by atoms with Crippen LogP contribution in [0.3, 0.4) is 0 Å². The van der Waals surface area contributed by atoms with E-state index in [2.05, 4.69) is 10.6 Å². The molecule has 0 saturated carbocycles. The van der Waals surface area contributed by atoms with E-state index < -0.39 is 6.04 Å². The van der Waals surface area contributed by atoms with Crippen LogP contribution in [0.15, 0.2) is 35.7 Å². The average molecular weight is 373 g/mol. The molecular formula is C19H23N3O3S. The molecule has 0 spiro atoms. The van der Waals surface area contributed by atoms with E-state index in [1.54, 1.807) is 31.5 Å². The number of likely N-dealkylation sites (N-methyl/N-ethyl adjacent to an activating group) is 1. The molecule has 2 N–H and O–H groups in total. The molecule has 0 aliphatic carbocycles. The van der Waals surface area contributed by atoms with Crippen LogP contribution in [0.25, 0.3) is 0 Å². The van der Waals surface area contributed by atoms with Gasteiger partial charge in [-0.05, 0) is 43.3 Å². The van der Waals surface area contributed by atoms with Crippen LogP contribution in [0.2, 0.25) is 0 Å². The first-order valence-electron chi connectivity index (χ1n) is 8.25. The minimum absolute atomic E-state index is 0.0914. The second-order valence-corrected chi connectivity index (χ2v) is 7.13. The number of para-hydroxylation sites is 1. The first-order valence-corrected chi connectivity index (χ1v) is 9.13. The highest BCUT2D eigenvalue weighted by atomic mass is 32.1. The monoisotopic (exact) mass is 373 g/mol. The number of nitrogens with one attached hydrogen (secondary N) is 2. The average Bonchev–Trinajstić information content (AvgIpc) is 3.12. The van der Waals surface area contributed by atoms with E-state index in [-0.39, 0.29) is 24.3 Å². The first kappa shape index (κ1) is 19.7. The van der Waals surface area contributed by atoms with Crippen LogP contribution < -0.4 is 10.6 Å². The van der Waals surface area contributed by atoms with Gasteiger partial charge in [0.05, 0.1) is 11.4 Å². The number of hydrogen-bond acceptors (Lipinski definition) is 4. The molecule has 26 heavy (non-hydrogen) atoms. The fourth-order valence-corrected chi connectivity index (χ4v) is 3.18. The van der Waals surface area contributed by atoms with Crippen LogP contribution in [0.5, 0.6) is 0 Å². The van der Waals surface area contributed by atoms with E-state index in [4.69, 9.17) is 0 Å². The molecule has 138 valence electrons. The van der Waals surface area contributed by atoms with Crippen molar-refractivity contribution in [3.63, 3.8) is 0 Å². The maximum atomic E-state index is 12.4. The molecule has 1 aromatic carbocycles. The highest BCUT2D eigenvalue weighted by Crippen LogP contribution is 2.19. The third kappa shape index (κ3) is 4.92. The van der Waals surface area contributed by atoms with Gasteiger partial charge in [-0.15, -0.1) is 11.3 Å². The fourth-order valence-electron chi connectivity index (χ4n) is 2.55. The number of thiophene rings is 1. The zero-order chi connectivity index (χ0) is 19.3. The Morgan fingerprint density at radius 3 is 2.35 bits per heavy atom. The molecule has 1 atom stereocenters. The van der Waals surface area contributed by atoms with Gasteiger partial charge in [0.1, 0.15) is 6.04 Å². The van der Waals surface area contributed by atoms with Gasteiger partial charge < -0.3 is 15.5 Å². The number of anilines is 1. The van der Waals surface area contributed by atoms with Gasteiger partial charge in [-0.2, -0.15) is 0 Å². The molecule has 0 aliphatic heterocycles. The summed E-state index contributed by atoms with van der Waals surface area (Å²) in [5, 5.41) is 7.30. The molecule has 1 aromatic heterocycles. The minimum atomic E-state index is -0.720. The lowest BCUT2D eigenvalue weighted by Gasteiger charge is -2.22. The van der Waals surface area contributed by atoms with Gasteiger partial charge >= 0.3 is 0 Å². The number of carbonyl (C=O) groups is 3. The van der Waals surface area contributed by atoms with Gasteiger partial charge in [-0.1, -0.05) is 24.3 Å². The van der Waals surface area contributed by atoms with Gasteiger partial charge in [-0.25, -0.2) is 0 Å². The normalized spacial score (nSPS) is 11.5. The summed E-state index contributed by atoms with van der Waals surface area (Å²) in [4.78, 5) is 38.6. The molecule has 1 heterocycles. The second kappa shape index (κ2) is 8.62. The van der Waals surface area contributed by atoms with Crippen LogP contribution in [0.1, 0.15) is 27.7 Å². The molecule has 1 unspecified atom stereocenters. The lowest BCUT2D eigenvalue weighted by molar-refractivity contribution is -0.134. The van der Waals surface area contributed by atoms with Crippen molar-refractivity contribution in [3.8, 4) is 0 Å². The van der Waals surface area contributed by atoms with Crippen LogP contribution >= 0.6 is 11.3 Å². The number of benzene rings is 1. The van der Waals surface area contributed by atoms with Gasteiger partial charge in [0, 0.05) is 12.7 Å². The highest BCUT2D eigenvalue weighted by Gasteiger charge is 2.22. The Kier molecular flexibility index (Phi) is 6.52. The summed E-state index contributed by atoms with van der Waals surface area (Å²) >= 11 is 1.31. The zero-order valence-corrected chi connectivity index (χ0v) is 16.1. The lowest BCUT2D eigenvalue weighted by atomic mass is 10.1. The van der Waals surface area contributed by atoms with E-state index in [0.717, 1.165) is 16.8 Å². The predicted octanol–water partition coefficient (Wildman–Crippen LogP) is 2.58. The van der Waals surface area contributed by atoms with Gasteiger partial charge in [-0.3, -0.25) is 14.4 Å². The molecular weight excluding hydrogens is 350 g/mol. The van der Waals surface area contributed by atoms with Gasteiger partial charge in [0.25, 0.3) is 5.91 Å². The van der Waals surface area contributed by atoms with Crippen molar-refractivity contribution >= 4 is 34.7 Å². The smallest absolute Gasteiger partial charge is 0.261 e. The molecule has 2 aromatic rings. The Hall–Kier alpha value is -2.67. The number of hydrogen-bond donors (Lipinski definition) is 2. The van der Waals surface area contributed by atoms with E-state index >= 15 is 0 Å². The fraction of sp³-hybridized carbons (Fsp3) is 0.316. The van der Waals surface area contributed by atoms with Crippen molar-refractivity contribution in [1.29, 1.82) is 0 Å². The quantitative estimate of drug-likeness (QED) is 0.817. The van der Waals surface area contributed by atoms with Crippen LogP contribution in [0.4, 0.5) is 5.69 Å². The number of nitrogens with zero attached hydrogens (tertiary/aromatic N) is 1. The van der Waals surface area contributed by atoms with E-state index in [1.807, 2.05) is 32.0 Å². The van der Waals surface area contributed by atoms with Gasteiger partial charge in [0.15, 0.2) is 0 Å². The summed E-state index contributed by atoms with van der Waals surface area (Å²) in [6.07, 6.45) is 0. The Morgan fingerprint density at radius 2 is 1.77 bits per heavy atom. The third-order valence-electron chi connectivity index (χ3n) is 3.97. The SMILES string of the molecule is Cc1cccc(C)c1NC(=O)CN(C)C(=O)C(C)NC(=O)c1cccs1. The topological polar surface area (TPSA) is 78.5 Å². The van der Waals surface area contributed by atoms with Crippen LogP contribution in [0, 0.1) is 13.8 Å². The number of aryl methyl sites for hydroxylation is 2. The Morgan fingerprint density at radius 1 is 1.12 bits per heavy atom. The van der Waals surface area contributed by atoms with Crippen molar-refractivity contribution in [2.45, 2.75) is 26.8 Å². The van der Waals surface area contributed by atoms with Crippen molar-refractivity contribution in [1.82, 2.24) is 10.2 Å². The summed E-state index contributed by atoms with van der Waals surface area (Å²) in [7, 11) is 1.54. The molecule has 0 aliphatic rings. The standard InChI is InChI=1S/C19H23N3O3S/c1-12-7-5-8-13(2)17(12)21-16(23)11-22(4)19(25)14(3)20-18(24)15-9-6-10-26-15/h5-10,14H,11H2,1-4H3,(H,20,24)(H,21,23). The lowest BCUT2D eigenvalue weighted by Crippen LogP contribution is -2.47. The van der Waals surface area contributed by atoms with Crippen molar-refractivity contribution < 1.29 is 14.4 Å². The number of carbonyl (C=O) groups excluding carboxylic acids is 3. The molecule has 7 heteroatoms. The Bertz CT molecular complexity index is 782. The highest BCUT2D eigenvalue weighted by molar-refractivity contribution is 7.12. The second-order valence-electron chi connectivity index (χ2n) is 6.18. The van der Waals surface area contributed by atoms with E-state index in [1.165, 1.54) is 16.2 Å². The molecule has 0 fully saturated rings. The van der Waals surface area contributed by atoms with E-state index in [9.17, 15) is 14.4 Å². The number of rotatable bonds is 6. The summed E-state index contributed by atoms with van der Waals surface area (Å²) < 4.78 is 0. The Balaban J connectivity index is 1.91. The first-order chi connectivity index (χ1) is 12.3. The maximum Gasteiger partial charge on any atom is 0.261 e. The minimum Gasteiger partial charge on any atom is -0.340 e. The predicted molar refractivity (Wildman–Crippen MR) is 103 cm³/mol. The summed E-state index contributed by atoms with van der Waals surface area (Å²) in [5.74, 6) is -0.907. The Labute approximate surface area is 157 Å². The van der Waals surface area contributed by atoms with Crippen LogP contribution in [-0.4, -0.2) is 42.3 Å². The van der Waals surface area contributed by atoms with Crippen molar-refractivity contribution in [2.24, 2.45) is 0 Å². The largest absolute Gasteiger partial charge is 0.340 e. The molecule has 3 amide bonds. The van der Waals surface area contributed by atoms with Gasteiger partial charge in [0.2, 0.25) is 11.8 Å². The molecule has 2 rings (SSSR count). The van der Waals surface area contributed by atoms with Crippen LogP contribution in [-0.2, 0) is 9.59 Å². The van der Waals surface area contributed by atoms with Crippen molar-refractivity contribution in [2.75, 3.05) is 18.9 Å². The molecule has 0 bridgehead atoms. The summed E-state index contributed by atoms with van der Waals surface area (Å²) in [6, 6.07) is 8.50. The third-order valence-corrected chi connectivity index (χ3v) is 4.83. The zero-order valence-electron chi connectivity index (χ0n) is 15.3. The summed E-state index contributed by atoms with van der Waals surface area (Å²) in [5.41, 5.74) is 2.69. The molecule has 0 saturated heterocycles. The molecule has 0 radical (unpaired) electrons. The molecule has 6 nitrogen and oxygen atoms in total. The maximum absolute atomic E-state index is 12.4.